The van der Waals surface area contributed by atoms with E-state index in [2.05, 4.69) is 109 Å². The molecule has 1 aliphatic heterocycles. The number of nitriles is 2. The normalized spacial score (nSPS) is 49.4. The number of nitrogens with zero attached hydrogens (tertiary/aromatic N) is 2. The SMILES string of the molecule is C.C.C.C.CC(C)O.CC(C)O[C@H]1C[C@@]2(C)[C@@H](CC[C@@H]3[C@@H]2CC[C@]2(C)C(=O)CC[C@@H]32)C[C@@H]1O.CC(C)O[C@H]1C[C@@]2(C)[C@@H](CC[C@@H]3[C@@H]2CC[C@]2(C)[C@@H](C#N)CC[C@@H]32)C[C@@H]1O.CC(C)O[C@H]1C[C@@]2(C)[C@@H](CC[C@@H]3[C@@H]2CC[C@]2(C)[C@H](C#N)CC[C@@H]32)C[C@@H]1O.C[C@]12C[C@H]3O[C@H]3C[C@@H]1CC[C@@H]1[C@@H]2CC[C@]2(C)C(=O)CC[C@@H]12.O=S(=O)(O)O. The summed E-state index contributed by atoms with van der Waals surface area (Å²) in [6.07, 6.45) is 37.9. The Kier molecular flexibility index (Phi) is 30.3. The summed E-state index contributed by atoms with van der Waals surface area (Å²) in [4.78, 5) is 24.9. The van der Waals surface area contributed by atoms with Gasteiger partial charge in [-0.15, -0.1) is 0 Å². The first-order valence-corrected chi connectivity index (χ1v) is 45.4. The van der Waals surface area contributed by atoms with Crippen LogP contribution in [0.4, 0.5) is 0 Å². The Morgan fingerprint density at radius 2 is 0.658 bits per heavy atom. The van der Waals surface area contributed by atoms with E-state index in [-0.39, 0.29) is 130 Å². The number of epoxide rings is 1. The van der Waals surface area contributed by atoms with Crippen molar-refractivity contribution in [1.29, 1.82) is 10.5 Å². The first-order valence-electron chi connectivity index (χ1n) is 44.0. The Labute approximate surface area is 676 Å². The third-order valence-corrected chi connectivity index (χ3v) is 36.0. The van der Waals surface area contributed by atoms with Gasteiger partial charge in [0.05, 0.1) is 91.1 Å². The molecule has 6 N–H and O–H groups in total. The number of fused-ring (bicyclic) bond motifs is 21. The maximum Gasteiger partial charge on any atom is 0.394 e. The zero-order chi connectivity index (χ0) is 77.8. The molecule has 17 rings (SSSR count). The minimum absolute atomic E-state index is 0. The second-order valence-electron chi connectivity index (χ2n) is 42.5. The van der Waals surface area contributed by atoms with Gasteiger partial charge in [0.25, 0.3) is 0 Å². The highest BCUT2D eigenvalue weighted by atomic mass is 32.3. The predicted octanol–water partition coefficient (Wildman–Crippen LogP) is 20.5. The molecule has 1 saturated heterocycles. The molecule has 16 aliphatic carbocycles. The van der Waals surface area contributed by atoms with Gasteiger partial charge in [-0.1, -0.05) is 85.1 Å². The Hall–Kier alpha value is -2.13. The minimum atomic E-state index is -4.67. The lowest BCUT2D eigenvalue weighted by atomic mass is 9.44. The van der Waals surface area contributed by atoms with Crippen molar-refractivity contribution in [2.24, 2.45) is 150 Å². The molecule has 0 aromatic heterocycles. The molecule has 1 heterocycles. The highest BCUT2D eigenvalue weighted by Gasteiger charge is 2.67. The van der Waals surface area contributed by atoms with Gasteiger partial charge in [0, 0.05) is 29.8 Å². The van der Waals surface area contributed by atoms with Crippen LogP contribution in [0.3, 0.4) is 0 Å². The van der Waals surface area contributed by atoms with Gasteiger partial charge in [0.2, 0.25) is 0 Å². The molecule has 0 aromatic rings. The second-order valence-corrected chi connectivity index (χ2v) is 43.4. The predicted molar refractivity (Wildman–Crippen MR) is 442 cm³/mol. The van der Waals surface area contributed by atoms with Crippen LogP contribution in [-0.2, 0) is 38.9 Å². The van der Waals surface area contributed by atoms with E-state index in [1.165, 1.54) is 122 Å². The smallest absolute Gasteiger partial charge is 0.394 e. The first-order chi connectivity index (χ1) is 50.1. The van der Waals surface area contributed by atoms with Crippen molar-refractivity contribution in [3.8, 4) is 12.1 Å². The summed E-state index contributed by atoms with van der Waals surface area (Å²) in [6.45, 7) is 35.4. The molecule has 640 valence electrons. The van der Waals surface area contributed by atoms with Gasteiger partial charge in [-0.25, -0.2) is 0 Å². The molecular formula is C94H164N2O14S. The first kappa shape index (κ1) is 94.4. The lowest BCUT2D eigenvalue weighted by Gasteiger charge is -2.61. The third kappa shape index (κ3) is 17.9. The number of rotatable bonds is 6. The fraction of sp³-hybridized carbons (Fsp3) is 0.957. The lowest BCUT2D eigenvalue weighted by molar-refractivity contribution is -0.179. The van der Waals surface area contributed by atoms with Crippen molar-refractivity contribution in [3.63, 3.8) is 0 Å². The number of ether oxygens (including phenoxy) is 4. The molecule has 16 saturated carbocycles. The van der Waals surface area contributed by atoms with Crippen LogP contribution in [0.15, 0.2) is 0 Å². The minimum Gasteiger partial charge on any atom is -0.394 e. The van der Waals surface area contributed by atoms with Gasteiger partial charge in [-0.05, 0) is 375 Å². The summed E-state index contributed by atoms with van der Waals surface area (Å²) in [5.41, 5.74) is 1.88. The van der Waals surface area contributed by atoms with Crippen molar-refractivity contribution in [2.45, 2.75) is 419 Å². The van der Waals surface area contributed by atoms with E-state index >= 15 is 0 Å². The number of hydrogen-bond donors (Lipinski definition) is 6. The van der Waals surface area contributed by atoms with Gasteiger partial charge < -0.3 is 39.4 Å². The van der Waals surface area contributed by atoms with Crippen LogP contribution in [-0.4, -0.2) is 123 Å². The highest BCUT2D eigenvalue weighted by Crippen LogP contribution is 2.72. The maximum atomic E-state index is 12.5. The molecule has 34 atom stereocenters. The standard InChI is InChI=1S/2C23H37NO2.C22H36O3.C19H28O2.C3H8O.4CH4.H2O4S/c2*1-14(2)26-21-12-23(4)15(11-20(21)25)5-7-17-18-8-6-16(13-24)22(18,3)10-9-19(17)23;1-13(2)25-19-12-22(4)14(11-18(19)23)5-6-15-16-7-8-20(24)21(16,3)10-9-17(15)22;1-18-8-7-14-12(13(18)5-6-17(18)20)4-3-11-9-15-16(21-15)10-19(11,14)2;1-3(2)4;;;;;1-5(2,3)4/h2*14-21,25H,5-12H2,1-4H3;13-19,23H,5-12H2,1-4H3;11-16H,3-10H2,1-2H3;3-4H,1-2H3;4*1H4;(H2,1,2,3,4)/t15-,16+,17-,18-,19-,20-,21-,22+,23-;15-,16-,17-,18-,19-,20-,21-,22+,23-;14-,15-,16-,17-,18-,19-,21-,22-;11-,12-,13-,14-,15-,16+,18-,19-;;;;;;/m0000....../s1. The Bertz CT molecular complexity index is 3200. The van der Waals surface area contributed by atoms with Crippen molar-refractivity contribution < 1.29 is 66.5 Å². The zero-order valence-corrected chi connectivity index (χ0v) is 70.0. The van der Waals surface area contributed by atoms with E-state index < -0.39 is 10.4 Å². The van der Waals surface area contributed by atoms with E-state index in [1.54, 1.807) is 13.8 Å². The molecule has 111 heavy (non-hydrogen) atoms. The molecule has 0 unspecified atom stereocenters. The number of Topliss-reactive ketones (excluding diaryl/α,β-unsaturated/α-hetero) is 2. The largest absolute Gasteiger partial charge is 0.394 e. The van der Waals surface area contributed by atoms with Gasteiger partial charge in [-0.3, -0.25) is 18.7 Å². The van der Waals surface area contributed by atoms with Crippen LogP contribution in [0.5, 0.6) is 0 Å². The van der Waals surface area contributed by atoms with Crippen LogP contribution >= 0.6 is 0 Å². The van der Waals surface area contributed by atoms with E-state index in [0.717, 1.165) is 137 Å². The molecule has 17 fully saturated rings. The Balaban J connectivity index is 0.000000177. The lowest BCUT2D eigenvalue weighted by Crippen LogP contribution is -2.57. The average Bonchev–Trinajstić information content (AvgIpc) is 1.68. The summed E-state index contributed by atoms with van der Waals surface area (Å²) in [5, 5.41) is 59.3. The van der Waals surface area contributed by atoms with E-state index in [9.17, 15) is 35.4 Å². The van der Waals surface area contributed by atoms with Crippen molar-refractivity contribution >= 4 is 22.0 Å². The Morgan fingerprint density at radius 1 is 0.387 bits per heavy atom. The summed E-state index contributed by atoms with van der Waals surface area (Å²) in [5.74, 6) is 13.4. The topological polar surface area (TPSA) is 277 Å². The quantitative estimate of drug-likeness (QED) is 0.106. The summed E-state index contributed by atoms with van der Waals surface area (Å²) in [6, 6.07) is 5.29. The number of carbonyl (C=O) groups is 2. The monoisotopic (exact) mass is 1580 g/mol. The molecule has 17 heteroatoms. The van der Waals surface area contributed by atoms with Gasteiger partial charge in [0.15, 0.2) is 0 Å². The molecular weight excluding hydrogens is 1410 g/mol. The second kappa shape index (κ2) is 35.7. The molecule has 0 aromatic carbocycles. The van der Waals surface area contributed by atoms with E-state index in [4.69, 9.17) is 41.6 Å². The van der Waals surface area contributed by atoms with Crippen LogP contribution in [0, 0.1) is 173 Å². The molecule has 16 nitrogen and oxygen atoms in total. The van der Waals surface area contributed by atoms with E-state index in [0.29, 0.717) is 81.4 Å². The average molecular weight is 1580 g/mol. The third-order valence-electron chi connectivity index (χ3n) is 36.0. The van der Waals surface area contributed by atoms with Crippen LogP contribution < -0.4 is 0 Å². The molecule has 0 amide bonds. The van der Waals surface area contributed by atoms with Crippen molar-refractivity contribution in [1.82, 2.24) is 0 Å². The number of aliphatic hydroxyl groups is 4. The van der Waals surface area contributed by atoms with Crippen LogP contribution in [0.25, 0.3) is 0 Å². The van der Waals surface area contributed by atoms with Crippen LogP contribution in [0.1, 0.15) is 346 Å². The number of ketones is 2. The van der Waals surface area contributed by atoms with Crippen molar-refractivity contribution in [3.05, 3.63) is 0 Å². The van der Waals surface area contributed by atoms with Gasteiger partial charge in [0.1, 0.15) is 11.6 Å². The number of hydrogen-bond acceptors (Lipinski definition) is 14. The fourth-order valence-corrected chi connectivity index (χ4v) is 30.7. The van der Waals surface area contributed by atoms with E-state index in [1.807, 2.05) is 0 Å². The molecule has 0 radical (unpaired) electrons. The number of carbonyl (C=O) groups excluding carboxylic acids is 2. The van der Waals surface area contributed by atoms with Crippen molar-refractivity contribution in [2.75, 3.05) is 0 Å². The molecule has 0 bridgehead atoms. The van der Waals surface area contributed by atoms with Crippen LogP contribution in [0.2, 0.25) is 0 Å². The maximum absolute atomic E-state index is 12.5. The molecule has 0 spiro atoms. The Morgan fingerprint density at radius 3 is 0.955 bits per heavy atom. The summed E-state index contributed by atoms with van der Waals surface area (Å²) in [7, 11) is -4.67. The molecule has 17 aliphatic rings. The summed E-state index contributed by atoms with van der Waals surface area (Å²) >= 11 is 0. The highest BCUT2D eigenvalue weighted by molar-refractivity contribution is 7.79. The number of aliphatic hydroxyl groups excluding tert-OH is 4. The van der Waals surface area contributed by atoms with Gasteiger partial charge >= 0.3 is 10.4 Å². The van der Waals surface area contributed by atoms with Gasteiger partial charge in [-0.2, -0.15) is 18.9 Å². The zero-order valence-electron chi connectivity index (χ0n) is 69.2. The fourth-order valence-electron chi connectivity index (χ4n) is 30.7. The summed E-state index contributed by atoms with van der Waals surface area (Å²) < 4.78 is 55.9.